The molecule has 0 saturated heterocycles. The average Bonchev–Trinajstić information content (AvgIpc) is 2.78. The van der Waals surface area contributed by atoms with Crippen LogP contribution in [0.15, 0.2) is 35.9 Å². The monoisotopic (exact) mass is 458 g/mol. The largest absolute Gasteiger partial charge is 0.0853 e. The summed E-state index contributed by atoms with van der Waals surface area (Å²) in [6.07, 6.45) is 18.2. The lowest BCUT2D eigenvalue weighted by atomic mass is 9.84. The Morgan fingerprint density at radius 2 is 0.818 bits per heavy atom. The molecule has 1 aromatic carbocycles. The zero-order valence-electron chi connectivity index (χ0n) is 23.1. The van der Waals surface area contributed by atoms with Gasteiger partial charge in [0, 0.05) is 1.43 Å². The molecule has 0 heterocycles. The first-order chi connectivity index (χ1) is 15.2. The highest BCUT2D eigenvalue weighted by Gasteiger charge is 2.13. The van der Waals surface area contributed by atoms with E-state index in [-0.39, 0.29) is 8.85 Å². The van der Waals surface area contributed by atoms with Gasteiger partial charge in [-0.1, -0.05) is 140 Å². The van der Waals surface area contributed by atoms with Gasteiger partial charge in [-0.15, -0.1) is 0 Å². The fraction of sp³-hybridized carbons (Fsp3) is 0.758. The van der Waals surface area contributed by atoms with Crippen LogP contribution in [0.3, 0.4) is 0 Å². The number of aryl methyl sites for hydroxylation is 2. The third-order valence-electron chi connectivity index (χ3n) is 7.73. The van der Waals surface area contributed by atoms with Crippen LogP contribution >= 0.6 is 0 Å². The maximum absolute atomic E-state index is 2.37. The highest BCUT2D eigenvalue weighted by Crippen LogP contribution is 2.28. The van der Waals surface area contributed by atoms with Crippen molar-refractivity contribution in [2.75, 3.05) is 0 Å². The van der Waals surface area contributed by atoms with E-state index in [4.69, 9.17) is 0 Å². The minimum Gasteiger partial charge on any atom is -0.0853 e. The van der Waals surface area contributed by atoms with Crippen molar-refractivity contribution in [2.24, 2.45) is 29.6 Å². The molecule has 0 radical (unpaired) electrons. The van der Waals surface area contributed by atoms with Crippen LogP contribution in [0, 0.1) is 43.4 Å². The molecule has 0 aliphatic heterocycles. The van der Waals surface area contributed by atoms with Crippen LogP contribution in [0.4, 0.5) is 0 Å². The molecule has 4 rings (SSSR count). The Labute approximate surface area is 211 Å². The molecular formula is C33H62. The minimum atomic E-state index is 0. The first-order valence-electron chi connectivity index (χ1n) is 13.8. The number of hydrogen-bond donors (Lipinski definition) is 0. The summed E-state index contributed by atoms with van der Waals surface area (Å²) in [5.41, 5.74) is 4.24. The van der Waals surface area contributed by atoms with E-state index in [0.29, 0.717) is 0 Å². The molecule has 3 aliphatic rings. The van der Waals surface area contributed by atoms with E-state index < -0.39 is 0 Å². The molecule has 0 N–H and O–H groups in total. The molecule has 33 heavy (non-hydrogen) atoms. The second-order valence-corrected chi connectivity index (χ2v) is 11.8. The first-order valence-corrected chi connectivity index (χ1v) is 13.8. The maximum Gasteiger partial charge on any atom is 0 e. The zero-order valence-corrected chi connectivity index (χ0v) is 23.1. The normalized spacial score (nSPS) is 28.7. The molecule has 3 aliphatic carbocycles. The van der Waals surface area contributed by atoms with Gasteiger partial charge in [0.1, 0.15) is 0 Å². The quantitative estimate of drug-likeness (QED) is 0.339. The fourth-order valence-corrected chi connectivity index (χ4v) is 4.59. The average molecular weight is 459 g/mol. The predicted molar refractivity (Wildman–Crippen MR) is 155 cm³/mol. The molecule has 1 unspecified atom stereocenters. The van der Waals surface area contributed by atoms with Gasteiger partial charge in [0.2, 0.25) is 0 Å². The van der Waals surface area contributed by atoms with E-state index in [1.165, 1.54) is 81.8 Å². The van der Waals surface area contributed by atoms with Crippen molar-refractivity contribution >= 4 is 0 Å². The van der Waals surface area contributed by atoms with E-state index in [2.05, 4.69) is 85.7 Å². The molecule has 0 aromatic heterocycles. The number of allylic oxidation sites excluding steroid dienone is 2. The van der Waals surface area contributed by atoms with Crippen LogP contribution in [0.1, 0.15) is 132 Å². The summed E-state index contributed by atoms with van der Waals surface area (Å²) in [7, 11) is 0. The van der Waals surface area contributed by atoms with Gasteiger partial charge in [0.15, 0.2) is 0 Å². The smallest absolute Gasteiger partial charge is 0 e. The Balaban J connectivity index is 0. The predicted octanol–water partition coefficient (Wildman–Crippen LogP) is 11.6. The van der Waals surface area contributed by atoms with Crippen LogP contribution in [0.25, 0.3) is 0 Å². The Bertz CT molecular complexity index is 537. The standard InChI is InChI=1S/2C8H16.C8H14.C8H10.CH4.H2/c4*1-7-3-5-8(2)6-4-7;;/h2*7-8H,3-6H2,1-2H3;3,8H,4-6H2,1-2H3;3-6H,1-2H3;1H4;1H. The van der Waals surface area contributed by atoms with Crippen molar-refractivity contribution in [1.29, 1.82) is 0 Å². The lowest BCUT2D eigenvalue weighted by Gasteiger charge is -2.22. The van der Waals surface area contributed by atoms with Crippen LogP contribution in [-0.2, 0) is 0 Å². The molecule has 0 bridgehead atoms. The van der Waals surface area contributed by atoms with E-state index in [1.807, 2.05) is 0 Å². The van der Waals surface area contributed by atoms with Crippen LogP contribution in [0.2, 0.25) is 0 Å². The van der Waals surface area contributed by atoms with E-state index in [0.717, 1.165) is 29.6 Å². The number of hydrogen-bond acceptors (Lipinski definition) is 0. The van der Waals surface area contributed by atoms with E-state index in [9.17, 15) is 0 Å². The summed E-state index contributed by atoms with van der Waals surface area (Å²) in [5.74, 6) is 5.02. The molecule has 194 valence electrons. The Morgan fingerprint density at radius 1 is 0.515 bits per heavy atom. The van der Waals surface area contributed by atoms with Gasteiger partial charge in [-0.05, 0) is 69.6 Å². The second-order valence-electron chi connectivity index (χ2n) is 11.8. The second kappa shape index (κ2) is 18.3. The molecule has 2 fully saturated rings. The summed E-state index contributed by atoms with van der Waals surface area (Å²) < 4.78 is 0. The minimum absolute atomic E-state index is 0. The Kier molecular flexibility index (Phi) is 17.7. The summed E-state index contributed by atoms with van der Waals surface area (Å²) >= 11 is 0. The van der Waals surface area contributed by atoms with Crippen LogP contribution in [0.5, 0.6) is 0 Å². The van der Waals surface area contributed by atoms with Crippen molar-refractivity contribution < 1.29 is 1.43 Å². The maximum atomic E-state index is 2.37. The first kappa shape index (κ1) is 32.0. The van der Waals surface area contributed by atoms with Gasteiger partial charge in [-0.2, -0.15) is 0 Å². The topological polar surface area (TPSA) is 0 Å². The van der Waals surface area contributed by atoms with Crippen molar-refractivity contribution in [3.05, 3.63) is 47.0 Å². The van der Waals surface area contributed by atoms with Crippen molar-refractivity contribution in [1.82, 2.24) is 0 Å². The molecule has 0 heteroatoms. The molecule has 2 saturated carbocycles. The van der Waals surface area contributed by atoms with Crippen molar-refractivity contribution in [3.8, 4) is 0 Å². The van der Waals surface area contributed by atoms with Crippen molar-refractivity contribution in [3.63, 3.8) is 0 Å². The highest BCUT2D eigenvalue weighted by atomic mass is 14.2. The van der Waals surface area contributed by atoms with E-state index >= 15 is 0 Å². The Morgan fingerprint density at radius 3 is 1.03 bits per heavy atom. The summed E-state index contributed by atoms with van der Waals surface area (Å²) in [5, 5.41) is 0. The summed E-state index contributed by atoms with van der Waals surface area (Å²) in [6.45, 7) is 18.2. The van der Waals surface area contributed by atoms with Gasteiger partial charge in [0.25, 0.3) is 0 Å². The lowest BCUT2D eigenvalue weighted by Crippen LogP contribution is -2.08. The van der Waals surface area contributed by atoms with Crippen molar-refractivity contribution in [2.45, 2.75) is 133 Å². The molecule has 1 atom stereocenters. The summed E-state index contributed by atoms with van der Waals surface area (Å²) in [6, 6.07) is 8.48. The number of rotatable bonds is 0. The fourth-order valence-electron chi connectivity index (χ4n) is 4.59. The number of benzene rings is 1. The van der Waals surface area contributed by atoms with E-state index in [1.54, 1.807) is 5.57 Å². The van der Waals surface area contributed by atoms with Crippen LogP contribution in [-0.4, -0.2) is 0 Å². The third-order valence-corrected chi connectivity index (χ3v) is 7.73. The summed E-state index contributed by atoms with van der Waals surface area (Å²) in [4.78, 5) is 0. The molecule has 0 amide bonds. The molecule has 0 nitrogen and oxygen atoms in total. The van der Waals surface area contributed by atoms with Gasteiger partial charge in [-0.3, -0.25) is 0 Å². The van der Waals surface area contributed by atoms with Gasteiger partial charge in [0.05, 0.1) is 0 Å². The highest BCUT2D eigenvalue weighted by molar-refractivity contribution is 5.19. The molecule has 1 aromatic rings. The van der Waals surface area contributed by atoms with Crippen LogP contribution < -0.4 is 0 Å². The SMILES string of the molecule is C.CC1=CCC(C)CC1.CC1CCC(C)CC1.CC1CCC(C)CC1.Cc1ccc(C)cc1.[HH]. The zero-order chi connectivity index (χ0) is 23.9. The third kappa shape index (κ3) is 17.1. The van der Waals surface area contributed by atoms with Gasteiger partial charge < -0.3 is 0 Å². The molecule has 0 spiro atoms. The Hall–Kier alpha value is -1.04. The van der Waals surface area contributed by atoms with Gasteiger partial charge >= 0.3 is 0 Å². The molecular weight excluding hydrogens is 396 g/mol. The lowest BCUT2D eigenvalue weighted by molar-refractivity contribution is 0.308. The van der Waals surface area contributed by atoms with Gasteiger partial charge in [-0.25, -0.2) is 0 Å².